The Kier molecular flexibility index (Phi) is 4.71. The number of para-hydroxylation sites is 1. The molecule has 2 heterocycles. The predicted molar refractivity (Wildman–Crippen MR) is 117 cm³/mol. The van der Waals surface area contributed by atoms with Crippen LogP contribution in [-0.2, 0) is 14.4 Å². The average Bonchev–Trinajstić information content (AvgIpc) is 3.31. The Morgan fingerprint density at radius 3 is 2.16 bits per heavy atom. The van der Waals surface area contributed by atoms with E-state index in [-0.39, 0.29) is 11.6 Å². The maximum atomic E-state index is 13.6. The van der Waals surface area contributed by atoms with Crippen molar-refractivity contribution in [2.24, 2.45) is 5.92 Å². The molecule has 160 valence electrons. The van der Waals surface area contributed by atoms with E-state index in [4.69, 9.17) is 4.84 Å². The Hall–Kier alpha value is -4.04. The van der Waals surface area contributed by atoms with Crippen molar-refractivity contribution in [2.75, 3.05) is 9.96 Å². The largest absolute Gasteiger partial charge is 0.273 e. The lowest BCUT2D eigenvalue weighted by Crippen LogP contribution is -2.37. The predicted octanol–water partition coefficient (Wildman–Crippen LogP) is 3.95. The molecule has 5 rings (SSSR count). The lowest BCUT2D eigenvalue weighted by molar-refractivity contribution is -0.384. The number of rotatable bonds is 4. The van der Waals surface area contributed by atoms with E-state index in [2.05, 4.69) is 0 Å². The van der Waals surface area contributed by atoms with Crippen molar-refractivity contribution < 1.29 is 19.3 Å². The van der Waals surface area contributed by atoms with Crippen LogP contribution >= 0.6 is 0 Å². The Balaban J connectivity index is 1.57. The van der Waals surface area contributed by atoms with Crippen LogP contribution in [0, 0.1) is 23.0 Å². The van der Waals surface area contributed by atoms with Crippen LogP contribution < -0.4 is 9.96 Å². The van der Waals surface area contributed by atoms with Gasteiger partial charge in [-0.05, 0) is 42.3 Å². The Morgan fingerprint density at radius 1 is 0.844 bits per heavy atom. The molecule has 0 unspecified atom stereocenters. The molecule has 0 aliphatic carbocycles. The lowest BCUT2D eigenvalue weighted by atomic mass is 9.88. The van der Waals surface area contributed by atoms with Gasteiger partial charge in [0.05, 0.1) is 22.3 Å². The molecule has 2 amide bonds. The van der Waals surface area contributed by atoms with Crippen LogP contribution in [0.3, 0.4) is 0 Å². The van der Waals surface area contributed by atoms with Crippen LogP contribution in [0.5, 0.6) is 0 Å². The fraction of sp³-hybridized carbons (Fsp3) is 0.167. The summed E-state index contributed by atoms with van der Waals surface area (Å²) in [6.45, 7) is 1.96. The van der Waals surface area contributed by atoms with Crippen LogP contribution in [0.2, 0.25) is 0 Å². The van der Waals surface area contributed by atoms with Gasteiger partial charge in [0.1, 0.15) is 5.92 Å². The van der Waals surface area contributed by atoms with Crippen LogP contribution in [0.4, 0.5) is 17.1 Å². The third kappa shape index (κ3) is 3.04. The second-order valence-electron chi connectivity index (χ2n) is 7.80. The van der Waals surface area contributed by atoms with Crippen molar-refractivity contribution in [3.05, 3.63) is 100 Å². The number of carbonyl (C=O) groups is 2. The zero-order valence-electron chi connectivity index (χ0n) is 17.1. The molecule has 2 aliphatic heterocycles. The topological polar surface area (TPSA) is 93.0 Å². The molecule has 0 saturated carbocycles. The van der Waals surface area contributed by atoms with Gasteiger partial charge in [0, 0.05) is 12.1 Å². The number of aryl methyl sites for hydroxylation is 1. The second kappa shape index (κ2) is 7.58. The maximum absolute atomic E-state index is 13.6. The molecule has 8 nitrogen and oxygen atoms in total. The number of hydroxylamine groups is 1. The molecule has 2 aliphatic rings. The zero-order chi connectivity index (χ0) is 22.4. The zero-order valence-corrected chi connectivity index (χ0v) is 17.1. The number of imide groups is 1. The number of anilines is 2. The summed E-state index contributed by atoms with van der Waals surface area (Å²) >= 11 is 0. The molecule has 0 radical (unpaired) electrons. The van der Waals surface area contributed by atoms with E-state index in [0.29, 0.717) is 5.69 Å². The Morgan fingerprint density at radius 2 is 1.50 bits per heavy atom. The highest BCUT2D eigenvalue weighted by Crippen LogP contribution is 2.48. The van der Waals surface area contributed by atoms with Gasteiger partial charge >= 0.3 is 0 Å². The summed E-state index contributed by atoms with van der Waals surface area (Å²) in [4.78, 5) is 44.4. The van der Waals surface area contributed by atoms with Crippen molar-refractivity contribution in [3.8, 4) is 0 Å². The van der Waals surface area contributed by atoms with E-state index in [1.54, 1.807) is 5.06 Å². The first-order valence-corrected chi connectivity index (χ1v) is 10.2. The number of fused-ring (bicyclic) bond motifs is 1. The molecule has 0 bridgehead atoms. The van der Waals surface area contributed by atoms with E-state index >= 15 is 0 Å². The molecule has 2 saturated heterocycles. The summed E-state index contributed by atoms with van der Waals surface area (Å²) in [6, 6.07) is 22.0. The highest BCUT2D eigenvalue weighted by Gasteiger charge is 2.60. The first-order valence-electron chi connectivity index (χ1n) is 10.2. The van der Waals surface area contributed by atoms with Crippen molar-refractivity contribution in [2.45, 2.75) is 19.1 Å². The van der Waals surface area contributed by atoms with Gasteiger partial charge < -0.3 is 0 Å². The normalized spacial score (nSPS) is 22.3. The first-order chi connectivity index (χ1) is 15.5. The first kappa shape index (κ1) is 19.9. The van der Waals surface area contributed by atoms with E-state index in [1.807, 2.05) is 61.5 Å². The fourth-order valence-corrected chi connectivity index (χ4v) is 4.43. The minimum atomic E-state index is -0.984. The van der Waals surface area contributed by atoms with Crippen LogP contribution in [0.15, 0.2) is 78.9 Å². The maximum Gasteiger partial charge on any atom is 0.269 e. The average molecular weight is 429 g/mol. The molecule has 0 N–H and O–H groups in total. The summed E-state index contributed by atoms with van der Waals surface area (Å²) in [7, 11) is 0. The smallest absolute Gasteiger partial charge is 0.269 e. The van der Waals surface area contributed by atoms with Gasteiger partial charge in [-0.15, -0.1) is 0 Å². The number of nitrogens with zero attached hydrogens (tertiary/aromatic N) is 3. The fourth-order valence-electron chi connectivity index (χ4n) is 4.43. The van der Waals surface area contributed by atoms with E-state index in [0.717, 1.165) is 21.7 Å². The van der Waals surface area contributed by atoms with Crippen LogP contribution in [-0.4, -0.2) is 22.8 Å². The molecule has 3 aromatic rings. The molecule has 8 heteroatoms. The monoisotopic (exact) mass is 429 g/mol. The Bertz CT molecular complexity index is 1210. The number of hydrogen-bond donors (Lipinski definition) is 0. The summed E-state index contributed by atoms with van der Waals surface area (Å²) in [6.07, 6.45) is -0.984. The van der Waals surface area contributed by atoms with Gasteiger partial charge in [-0.25, -0.2) is 9.96 Å². The molecule has 0 spiro atoms. The lowest BCUT2D eigenvalue weighted by Gasteiger charge is -2.29. The number of amides is 2. The number of nitro groups is 1. The minimum absolute atomic E-state index is 0.114. The summed E-state index contributed by atoms with van der Waals surface area (Å²) in [5.41, 5.74) is 2.81. The van der Waals surface area contributed by atoms with Gasteiger partial charge in [-0.3, -0.25) is 24.5 Å². The molecule has 3 atom stereocenters. The van der Waals surface area contributed by atoms with Crippen molar-refractivity contribution in [1.29, 1.82) is 0 Å². The standard InChI is InChI=1S/C24H19N3O5/c1-15-7-5-6-10-19(15)21-20-22(32-26(21)17-8-3-2-4-9-17)24(29)25(23(20)28)16-11-13-18(14-12-16)27(30)31/h2-14,20-22H,1H3/t20-,21+,22+/m1/s1. The van der Waals surface area contributed by atoms with Crippen molar-refractivity contribution in [3.63, 3.8) is 0 Å². The van der Waals surface area contributed by atoms with Gasteiger partial charge in [-0.2, -0.15) is 0 Å². The van der Waals surface area contributed by atoms with Crippen molar-refractivity contribution in [1.82, 2.24) is 0 Å². The molecule has 3 aromatic carbocycles. The third-order valence-corrected chi connectivity index (χ3v) is 5.95. The summed E-state index contributed by atoms with van der Waals surface area (Å²) < 4.78 is 0. The molecular weight excluding hydrogens is 410 g/mol. The van der Waals surface area contributed by atoms with Gasteiger partial charge in [0.25, 0.3) is 11.6 Å². The highest BCUT2D eigenvalue weighted by atomic mass is 16.7. The van der Waals surface area contributed by atoms with Crippen molar-refractivity contribution >= 4 is 28.9 Å². The van der Waals surface area contributed by atoms with Gasteiger partial charge in [-0.1, -0.05) is 42.5 Å². The third-order valence-electron chi connectivity index (χ3n) is 5.95. The van der Waals surface area contributed by atoms with E-state index in [1.165, 1.54) is 24.3 Å². The van der Waals surface area contributed by atoms with E-state index < -0.39 is 28.9 Å². The number of carbonyl (C=O) groups excluding carboxylic acids is 2. The molecule has 0 aromatic heterocycles. The molecular formula is C24H19N3O5. The summed E-state index contributed by atoms with van der Waals surface area (Å²) in [5, 5.41) is 12.6. The number of benzene rings is 3. The van der Waals surface area contributed by atoms with Gasteiger partial charge in [0.2, 0.25) is 5.91 Å². The quantitative estimate of drug-likeness (QED) is 0.354. The summed E-state index contributed by atoms with van der Waals surface area (Å²) in [5.74, 6) is -1.62. The number of hydrogen-bond acceptors (Lipinski definition) is 6. The number of non-ortho nitro benzene ring substituents is 1. The Labute approximate surface area is 183 Å². The molecule has 32 heavy (non-hydrogen) atoms. The van der Waals surface area contributed by atoms with E-state index in [9.17, 15) is 19.7 Å². The SMILES string of the molecule is Cc1ccccc1[C@H]1[C@H]2C(=O)N(c3ccc([N+](=O)[O-])cc3)C(=O)[C@H]2ON1c1ccccc1. The minimum Gasteiger partial charge on any atom is -0.273 e. The van der Waals surface area contributed by atoms with Gasteiger partial charge in [0.15, 0.2) is 6.10 Å². The molecule has 2 fully saturated rings. The second-order valence-corrected chi connectivity index (χ2v) is 7.80. The van der Waals surface area contributed by atoms with Crippen LogP contribution in [0.1, 0.15) is 17.2 Å². The number of nitro benzene ring substituents is 1. The highest BCUT2D eigenvalue weighted by molar-refractivity contribution is 6.24. The van der Waals surface area contributed by atoms with Crippen LogP contribution in [0.25, 0.3) is 0 Å².